The Morgan fingerprint density at radius 3 is 3.00 bits per heavy atom. The van der Waals surface area contributed by atoms with Gasteiger partial charge in [0.1, 0.15) is 0 Å². The van der Waals surface area contributed by atoms with Crippen LogP contribution in [0.3, 0.4) is 0 Å². The number of nitrogens with zero attached hydrogens (tertiary/aromatic N) is 3. The third kappa shape index (κ3) is 4.89. The van der Waals surface area contributed by atoms with Gasteiger partial charge in [-0.05, 0) is 56.0 Å². The van der Waals surface area contributed by atoms with Crippen LogP contribution in [0, 0.1) is 5.92 Å². The van der Waals surface area contributed by atoms with Crippen LogP contribution in [0.2, 0.25) is 0 Å². The maximum absolute atomic E-state index is 12.0. The molecule has 1 fully saturated rings. The Bertz CT molecular complexity index is 619. The molecule has 0 bridgehead atoms. The summed E-state index contributed by atoms with van der Waals surface area (Å²) in [5, 5.41) is 10.6. The molecule has 6 nitrogen and oxygen atoms in total. The van der Waals surface area contributed by atoms with Gasteiger partial charge in [-0.2, -0.15) is 5.10 Å². The number of nitrogens with one attached hydrogen (secondary N) is 2. The first-order chi connectivity index (χ1) is 11.3. The Morgan fingerprint density at radius 2 is 2.22 bits per heavy atom. The van der Waals surface area contributed by atoms with Crippen molar-refractivity contribution in [3.8, 4) is 0 Å². The van der Waals surface area contributed by atoms with E-state index >= 15 is 0 Å². The lowest BCUT2D eigenvalue weighted by molar-refractivity contribution is -0.116. The Morgan fingerprint density at radius 1 is 1.35 bits per heavy atom. The highest BCUT2D eigenvalue weighted by atomic mass is 16.1. The molecule has 3 rings (SSSR count). The molecule has 1 atom stereocenters. The van der Waals surface area contributed by atoms with Crippen LogP contribution in [0.1, 0.15) is 24.8 Å². The maximum Gasteiger partial charge on any atom is 0.225 e. The Hall–Kier alpha value is -2.21. The third-order valence-corrected chi connectivity index (χ3v) is 4.23. The lowest BCUT2D eigenvalue weighted by atomic mass is 10.0. The zero-order chi connectivity index (χ0) is 15.9. The van der Waals surface area contributed by atoms with Crippen LogP contribution in [0.15, 0.2) is 36.8 Å². The molecule has 2 N–H and O–H groups in total. The summed E-state index contributed by atoms with van der Waals surface area (Å²) in [4.78, 5) is 16.0. The molecule has 0 saturated carbocycles. The molecule has 0 spiro atoms. The Labute approximate surface area is 136 Å². The maximum atomic E-state index is 12.0. The molecule has 1 saturated heterocycles. The summed E-state index contributed by atoms with van der Waals surface area (Å²) in [6.45, 7) is 2.90. The molecule has 1 unspecified atom stereocenters. The highest BCUT2D eigenvalue weighted by Crippen LogP contribution is 2.15. The van der Waals surface area contributed by atoms with Gasteiger partial charge in [0, 0.05) is 37.6 Å². The molecule has 1 amide bonds. The van der Waals surface area contributed by atoms with E-state index in [2.05, 4.69) is 20.7 Å². The van der Waals surface area contributed by atoms with Crippen LogP contribution in [0.5, 0.6) is 0 Å². The van der Waals surface area contributed by atoms with Crippen molar-refractivity contribution < 1.29 is 4.79 Å². The van der Waals surface area contributed by atoms with Gasteiger partial charge >= 0.3 is 0 Å². The van der Waals surface area contributed by atoms with Gasteiger partial charge in [0.25, 0.3) is 0 Å². The molecule has 6 heteroatoms. The first-order valence-electron chi connectivity index (χ1n) is 8.22. The first kappa shape index (κ1) is 15.7. The van der Waals surface area contributed by atoms with Crippen molar-refractivity contribution in [1.29, 1.82) is 0 Å². The van der Waals surface area contributed by atoms with Gasteiger partial charge in [0.15, 0.2) is 5.82 Å². The number of rotatable bonds is 7. The van der Waals surface area contributed by atoms with Gasteiger partial charge in [-0.3, -0.25) is 14.5 Å². The molecular formula is C17H23N5O. The van der Waals surface area contributed by atoms with Crippen molar-refractivity contribution >= 4 is 11.7 Å². The van der Waals surface area contributed by atoms with E-state index in [0.717, 1.165) is 32.5 Å². The van der Waals surface area contributed by atoms with E-state index in [4.69, 9.17) is 0 Å². The summed E-state index contributed by atoms with van der Waals surface area (Å²) >= 11 is 0. The van der Waals surface area contributed by atoms with Crippen LogP contribution >= 0.6 is 0 Å². The number of anilines is 1. The number of pyridine rings is 1. The third-order valence-electron chi connectivity index (χ3n) is 4.23. The van der Waals surface area contributed by atoms with E-state index in [1.807, 2.05) is 29.1 Å². The normalized spacial score (nSPS) is 17.3. The zero-order valence-corrected chi connectivity index (χ0v) is 13.2. The van der Waals surface area contributed by atoms with Gasteiger partial charge < -0.3 is 10.6 Å². The van der Waals surface area contributed by atoms with E-state index in [0.29, 0.717) is 18.2 Å². The van der Waals surface area contributed by atoms with E-state index < -0.39 is 0 Å². The summed E-state index contributed by atoms with van der Waals surface area (Å²) in [5.74, 6) is 1.32. The number of hydrogen-bond donors (Lipinski definition) is 2. The summed E-state index contributed by atoms with van der Waals surface area (Å²) in [6.07, 6.45) is 9.08. The first-order valence-corrected chi connectivity index (χ1v) is 8.22. The number of aromatic nitrogens is 3. The average molecular weight is 313 g/mol. The van der Waals surface area contributed by atoms with Crippen LogP contribution in [-0.2, 0) is 17.8 Å². The van der Waals surface area contributed by atoms with Crippen molar-refractivity contribution in [2.24, 2.45) is 5.92 Å². The largest absolute Gasteiger partial charge is 0.316 e. The molecule has 1 aliphatic heterocycles. The van der Waals surface area contributed by atoms with Gasteiger partial charge in [-0.1, -0.05) is 0 Å². The fourth-order valence-electron chi connectivity index (χ4n) is 2.85. The molecule has 0 aromatic carbocycles. The van der Waals surface area contributed by atoms with E-state index in [9.17, 15) is 4.79 Å². The lowest BCUT2D eigenvalue weighted by Crippen LogP contribution is -2.15. The summed E-state index contributed by atoms with van der Waals surface area (Å²) in [7, 11) is 0. The van der Waals surface area contributed by atoms with Gasteiger partial charge in [-0.25, -0.2) is 0 Å². The van der Waals surface area contributed by atoms with Crippen LogP contribution in [0.4, 0.5) is 5.82 Å². The second kappa shape index (κ2) is 7.87. The molecular weight excluding hydrogens is 290 g/mol. The predicted octanol–water partition coefficient (Wildman–Crippen LogP) is 1.85. The fourth-order valence-corrected chi connectivity index (χ4v) is 2.85. The van der Waals surface area contributed by atoms with Crippen molar-refractivity contribution in [2.45, 2.75) is 32.2 Å². The lowest BCUT2D eigenvalue weighted by Gasteiger charge is -2.07. The number of hydrogen-bond acceptors (Lipinski definition) is 4. The Kier molecular flexibility index (Phi) is 5.37. The van der Waals surface area contributed by atoms with Crippen molar-refractivity contribution in [2.75, 3.05) is 18.4 Å². The highest BCUT2D eigenvalue weighted by Gasteiger charge is 2.16. The summed E-state index contributed by atoms with van der Waals surface area (Å²) in [5.41, 5.74) is 1.23. The van der Waals surface area contributed by atoms with Gasteiger partial charge in [0.05, 0.1) is 0 Å². The molecule has 2 aromatic heterocycles. The molecule has 0 aliphatic carbocycles. The average Bonchev–Trinajstić information content (AvgIpc) is 3.24. The predicted molar refractivity (Wildman–Crippen MR) is 89.0 cm³/mol. The number of carbonyl (C=O) groups is 1. The van der Waals surface area contributed by atoms with Crippen LogP contribution < -0.4 is 10.6 Å². The Balaban J connectivity index is 1.42. The quantitative estimate of drug-likeness (QED) is 0.818. The van der Waals surface area contributed by atoms with Crippen molar-refractivity contribution in [1.82, 2.24) is 20.1 Å². The second-order valence-electron chi connectivity index (χ2n) is 6.02. The zero-order valence-electron chi connectivity index (χ0n) is 13.2. The van der Waals surface area contributed by atoms with Crippen molar-refractivity contribution in [3.05, 3.63) is 42.4 Å². The van der Waals surface area contributed by atoms with E-state index in [1.165, 1.54) is 12.0 Å². The molecule has 122 valence electrons. The molecule has 2 aromatic rings. The number of amides is 1. The van der Waals surface area contributed by atoms with Crippen LogP contribution in [-0.4, -0.2) is 33.8 Å². The fraction of sp³-hybridized carbons (Fsp3) is 0.471. The minimum absolute atomic E-state index is 0.0521. The van der Waals surface area contributed by atoms with Crippen LogP contribution in [0.25, 0.3) is 0 Å². The second-order valence-corrected chi connectivity index (χ2v) is 6.02. The molecule has 1 aliphatic rings. The minimum Gasteiger partial charge on any atom is -0.316 e. The minimum atomic E-state index is 0.0521. The number of carbonyl (C=O) groups excluding carboxylic acids is 1. The SMILES string of the molecule is O=C(CCC1CCNC1)Nc1ccn(CCc2ccncc2)n1. The topological polar surface area (TPSA) is 71.8 Å². The smallest absolute Gasteiger partial charge is 0.225 e. The molecule has 0 radical (unpaired) electrons. The van der Waals surface area contributed by atoms with E-state index in [1.54, 1.807) is 12.4 Å². The number of aryl methyl sites for hydroxylation is 2. The van der Waals surface area contributed by atoms with Gasteiger partial charge in [0.2, 0.25) is 5.91 Å². The summed E-state index contributed by atoms with van der Waals surface area (Å²) < 4.78 is 1.86. The molecule has 3 heterocycles. The highest BCUT2D eigenvalue weighted by molar-refractivity contribution is 5.89. The van der Waals surface area contributed by atoms with Gasteiger partial charge in [-0.15, -0.1) is 0 Å². The van der Waals surface area contributed by atoms with E-state index in [-0.39, 0.29) is 5.91 Å². The molecule has 23 heavy (non-hydrogen) atoms. The monoisotopic (exact) mass is 313 g/mol. The van der Waals surface area contributed by atoms with Crippen molar-refractivity contribution in [3.63, 3.8) is 0 Å². The summed E-state index contributed by atoms with van der Waals surface area (Å²) in [6, 6.07) is 5.86. The standard InChI is InChI=1S/C17H23N5O/c23-17(2-1-15-5-10-19-13-15)20-16-7-12-22(21-16)11-6-14-3-8-18-9-4-14/h3-4,7-9,12,15,19H,1-2,5-6,10-11,13H2,(H,20,21,23).